The Kier molecular flexibility index (Phi) is 4.99. The largest absolute Gasteiger partial charge is 0.309 e. The molecule has 1 aliphatic rings. The molecule has 0 fully saturated rings. The number of hydrogen-bond acceptors (Lipinski definition) is 2. The summed E-state index contributed by atoms with van der Waals surface area (Å²) in [4.78, 5) is 1.39. The minimum atomic E-state index is 0.441. The smallest absolute Gasteiger partial charge is 0.0931 e. The maximum atomic E-state index is 6.15. The van der Waals surface area contributed by atoms with E-state index in [2.05, 4.69) is 42.6 Å². The highest BCUT2D eigenvalue weighted by Crippen LogP contribution is 2.37. The number of nitrogens with one attached hydrogen (secondary N) is 1. The summed E-state index contributed by atoms with van der Waals surface area (Å²) in [5.74, 6) is 0.668. The van der Waals surface area contributed by atoms with Crippen LogP contribution < -0.4 is 5.32 Å². The zero-order valence-electron chi connectivity index (χ0n) is 12.4. The van der Waals surface area contributed by atoms with E-state index in [1.54, 1.807) is 11.3 Å². The van der Waals surface area contributed by atoms with Crippen LogP contribution in [0, 0.1) is 5.92 Å². The van der Waals surface area contributed by atoms with Crippen molar-refractivity contribution in [2.45, 2.75) is 38.6 Å². The Hall–Kier alpha value is -0.830. The minimum Gasteiger partial charge on any atom is -0.309 e. The Morgan fingerprint density at radius 2 is 2.05 bits per heavy atom. The minimum absolute atomic E-state index is 0.441. The molecule has 1 heterocycles. The van der Waals surface area contributed by atoms with Gasteiger partial charge in [-0.2, -0.15) is 0 Å². The zero-order valence-corrected chi connectivity index (χ0v) is 14.0. The van der Waals surface area contributed by atoms with Crippen molar-refractivity contribution < 1.29 is 0 Å². The molecule has 1 aromatic heterocycles. The van der Waals surface area contributed by atoms with Crippen LogP contribution in [0.1, 0.15) is 41.8 Å². The summed E-state index contributed by atoms with van der Waals surface area (Å²) in [5, 5.41) is 3.75. The summed E-state index contributed by atoms with van der Waals surface area (Å²) in [7, 11) is 0. The van der Waals surface area contributed by atoms with E-state index in [4.69, 9.17) is 11.6 Å². The SMILES string of the molecule is CCCNC(c1ccc(Cl)s1)C1CCc2ccccc2C1. The van der Waals surface area contributed by atoms with E-state index in [-0.39, 0.29) is 0 Å². The quantitative estimate of drug-likeness (QED) is 0.794. The van der Waals surface area contributed by atoms with Gasteiger partial charge < -0.3 is 5.32 Å². The average molecular weight is 320 g/mol. The molecule has 2 atom stereocenters. The molecule has 1 aliphatic carbocycles. The fraction of sp³-hybridized carbons (Fsp3) is 0.444. The lowest BCUT2D eigenvalue weighted by atomic mass is 9.79. The molecule has 0 saturated carbocycles. The van der Waals surface area contributed by atoms with E-state index in [1.807, 2.05) is 6.07 Å². The van der Waals surface area contributed by atoms with E-state index >= 15 is 0 Å². The van der Waals surface area contributed by atoms with Gasteiger partial charge in [-0.05, 0) is 61.4 Å². The molecule has 1 aromatic carbocycles. The summed E-state index contributed by atoms with van der Waals surface area (Å²) in [6.07, 6.45) is 4.80. The first-order valence-electron chi connectivity index (χ1n) is 7.83. The van der Waals surface area contributed by atoms with Gasteiger partial charge in [0.15, 0.2) is 0 Å². The Labute approximate surface area is 136 Å². The standard InChI is InChI=1S/C18H22ClNS/c1-2-11-20-18(16-9-10-17(19)21-16)15-8-7-13-5-3-4-6-14(13)12-15/h3-6,9-10,15,18,20H,2,7-8,11-12H2,1H3. The van der Waals surface area contributed by atoms with Crippen molar-refractivity contribution in [2.24, 2.45) is 5.92 Å². The van der Waals surface area contributed by atoms with E-state index in [0.717, 1.165) is 10.9 Å². The van der Waals surface area contributed by atoms with Gasteiger partial charge in [-0.15, -0.1) is 11.3 Å². The summed E-state index contributed by atoms with van der Waals surface area (Å²) in [5.41, 5.74) is 3.06. The Morgan fingerprint density at radius 1 is 1.24 bits per heavy atom. The van der Waals surface area contributed by atoms with Crippen LogP contribution in [0.5, 0.6) is 0 Å². The monoisotopic (exact) mass is 319 g/mol. The Morgan fingerprint density at radius 3 is 2.76 bits per heavy atom. The summed E-state index contributed by atoms with van der Waals surface area (Å²) in [6, 6.07) is 13.6. The summed E-state index contributed by atoms with van der Waals surface area (Å²) >= 11 is 7.87. The number of fused-ring (bicyclic) bond motifs is 1. The van der Waals surface area contributed by atoms with Crippen LogP contribution in [-0.2, 0) is 12.8 Å². The van der Waals surface area contributed by atoms with Crippen molar-refractivity contribution in [3.05, 3.63) is 56.7 Å². The van der Waals surface area contributed by atoms with Gasteiger partial charge in [0.1, 0.15) is 0 Å². The number of benzene rings is 1. The highest BCUT2D eigenvalue weighted by atomic mass is 35.5. The van der Waals surface area contributed by atoms with Crippen molar-refractivity contribution in [1.82, 2.24) is 5.32 Å². The number of aryl methyl sites for hydroxylation is 1. The van der Waals surface area contributed by atoms with Gasteiger partial charge in [-0.3, -0.25) is 0 Å². The lowest BCUT2D eigenvalue weighted by Gasteiger charge is -2.32. The highest BCUT2D eigenvalue weighted by Gasteiger charge is 2.27. The topological polar surface area (TPSA) is 12.0 Å². The van der Waals surface area contributed by atoms with Crippen molar-refractivity contribution in [3.63, 3.8) is 0 Å². The van der Waals surface area contributed by atoms with Gasteiger partial charge >= 0.3 is 0 Å². The number of thiophene rings is 1. The number of halogens is 1. The van der Waals surface area contributed by atoms with E-state index in [1.165, 1.54) is 41.7 Å². The molecule has 1 N–H and O–H groups in total. The van der Waals surface area contributed by atoms with Crippen LogP contribution >= 0.6 is 22.9 Å². The molecule has 2 unspecified atom stereocenters. The van der Waals surface area contributed by atoms with Crippen molar-refractivity contribution in [1.29, 1.82) is 0 Å². The van der Waals surface area contributed by atoms with Crippen LogP contribution in [0.25, 0.3) is 0 Å². The first-order valence-corrected chi connectivity index (χ1v) is 9.02. The molecule has 21 heavy (non-hydrogen) atoms. The van der Waals surface area contributed by atoms with Crippen LogP contribution in [0.2, 0.25) is 4.34 Å². The molecular weight excluding hydrogens is 298 g/mol. The first kappa shape index (κ1) is 15.1. The average Bonchev–Trinajstić information content (AvgIpc) is 2.94. The van der Waals surface area contributed by atoms with Crippen LogP contribution in [0.3, 0.4) is 0 Å². The molecule has 0 bridgehead atoms. The zero-order chi connectivity index (χ0) is 14.7. The lowest BCUT2D eigenvalue weighted by molar-refractivity contribution is 0.330. The molecule has 0 amide bonds. The van der Waals surface area contributed by atoms with Crippen LogP contribution in [0.4, 0.5) is 0 Å². The Balaban J connectivity index is 1.81. The third-order valence-electron chi connectivity index (χ3n) is 4.37. The molecule has 112 valence electrons. The van der Waals surface area contributed by atoms with Gasteiger partial charge in [0, 0.05) is 10.9 Å². The van der Waals surface area contributed by atoms with Crippen molar-refractivity contribution in [3.8, 4) is 0 Å². The maximum Gasteiger partial charge on any atom is 0.0931 e. The molecule has 1 nitrogen and oxygen atoms in total. The molecule has 2 aromatic rings. The van der Waals surface area contributed by atoms with Crippen molar-refractivity contribution in [2.75, 3.05) is 6.54 Å². The normalized spacial score (nSPS) is 19.2. The lowest BCUT2D eigenvalue weighted by Crippen LogP contribution is -2.31. The molecule has 0 spiro atoms. The third kappa shape index (κ3) is 3.50. The predicted octanol–water partition coefficient (Wildman–Crippen LogP) is 5.25. The van der Waals surface area contributed by atoms with Gasteiger partial charge in [0.05, 0.1) is 4.34 Å². The van der Waals surface area contributed by atoms with Crippen LogP contribution in [0.15, 0.2) is 36.4 Å². The molecule has 3 rings (SSSR count). The Bertz CT molecular complexity index is 592. The van der Waals surface area contributed by atoms with Crippen LogP contribution in [-0.4, -0.2) is 6.54 Å². The second-order valence-electron chi connectivity index (χ2n) is 5.85. The van der Waals surface area contributed by atoms with Crippen molar-refractivity contribution >= 4 is 22.9 Å². The van der Waals surface area contributed by atoms with E-state index in [0.29, 0.717) is 12.0 Å². The van der Waals surface area contributed by atoms with E-state index in [9.17, 15) is 0 Å². The fourth-order valence-electron chi connectivity index (χ4n) is 3.31. The first-order chi connectivity index (χ1) is 10.3. The number of hydrogen-bond donors (Lipinski definition) is 1. The van der Waals surface area contributed by atoms with E-state index < -0.39 is 0 Å². The molecule has 0 aliphatic heterocycles. The molecule has 0 saturated heterocycles. The van der Waals surface area contributed by atoms with Gasteiger partial charge in [-0.1, -0.05) is 42.8 Å². The van der Waals surface area contributed by atoms with Gasteiger partial charge in [0.25, 0.3) is 0 Å². The summed E-state index contributed by atoms with van der Waals surface area (Å²) < 4.78 is 0.893. The van der Waals surface area contributed by atoms with Gasteiger partial charge in [0.2, 0.25) is 0 Å². The third-order valence-corrected chi connectivity index (χ3v) is 5.69. The fourth-order valence-corrected chi connectivity index (χ4v) is 4.54. The molecular formula is C18H22ClNS. The highest BCUT2D eigenvalue weighted by molar-refractivity contribution is 7.16. The van der Waals surface area contributed by atoms with Gasteiger partial charge in [-0.25, -0.2) is 0 Å². The summed E-state index contributed by atoms with van der Waals surface area (Å²) in [6.45, 7) is 3.29. The number of rotatable bonds is 5. The second-order valence-corrected chi connectivity index (χ2v) is 7.59. The molecule has 3 heteroatoms. The maximum absolute atomic E-state index is 6.15. The predicted molar refractivity (Wildman–Crippen MR) is 92.3 cm³/mol. The second kappa shape index (κ2) is 6.95. The molecule has 0 radical (unpaired) electrons.